The number of hydrogen-bond acceptors (Lipinski definition) is 3. The molecule has 0 aromatic heterocycles. The summed E-state index contributed by atoms with van der Waals surface area (Å²) < 4.78 is 12.1. The van der Waals surface area contributed by atoms with E-state index in [9.17, 15) is 4.79 Å². The van der Waals surface area contributed by atoms with Gasteiger partial charge in [-0.25, -0.2) is 4.79 Å². The van der Waals surface area contributed by atoms with Gasteiger partial charge in [0, 0.05) is 4.43 Å². The van der Waals surface area contributed by atoms with Gasteiger partial charge in [0.2, 0.25) is 0 Å². The van der Waals surface area contributed by atoms with E-state index in [1.807, 2.05) is 27.7 Å². The van der Waals surface area contributed by atoms with Gasteiger partial charge in [-0.1, -0.05) is 49.3 Å². The SMILES string of the molecule is CCC(CC)COC(C)(CI)CNC(=O)OC(C)(C)C. The summed E-state index contributed by atoms with van der Waals surface area (Å²) in [5, 5.41) is 2.80. The van der Waals surface area contributed by atoms with Crippen LogP contribution in [0.4, 0.5) is 4.79 Å². The molecule has 1 atom stereocenters. The summed E-state index contributed by atoms with van der Waals surface area (Å²) in [6.07, 6.45) is 1.85. The molecule has 1 unspecified atom stereocenters. The van der Waals surface area contributed by atoms with Crippen LogP contribution in [-0.2, 0) is 9.47 Å². The van der Waals surface area contributed by atoms with Crippen molar-refractivity contribution in [2.45, 2.75) is 65.6 Å². The molecular formula is C15H30INO3. The van der Waals surface area contributed by atoms with E-state index >= 15 is 0 Å². The molecule has 0 fully saturated rings. The number of hydrogen-bond donors (Lipinski definition) is 1. The fourth-order valence-electron chi connectivity index (χ4n) is 1.55. The Morgan fingerprint density at radius 3 is 2.15 bits per heavy atom. The molecule has 0 rings (SSSR count). The number of amides is 1. The van der Waals surface area contributed by atoms with E-state index in [4.69, 9.17) is 9.47 Å². The van der Waals surface area contributed by atoms with Crippen LogP contribution in [0.3, 0.4) is 0 Å². The first-order valence-corrected chi connectivity index (χ1v) is 8.85. The van der Waals surface area contributed by atoms with E-state index in [2.05, 4.69) is 41.8 Å². The van der Waals surface area contributed by atoms with Gasteiger partial charge in [0.15, 0.2) is 0 Å². The van der Waals surface area contributed by atoms with E-state index in [0.717, 1.165) is 23.9 Å². The van der Waals surface area contributed by atoms with E-state index in [1.54, 1.807) is 0 Å². The maximum atomic E-state index is 11.7. The molecule has 0 bridgehead atoms. The zero-order valence-electron chi connectivity index (χ0n) is 13.7. The first-order valence-electron chi connectivity index (χ1n) is 7.32. The molecule has 0 spiro atoms. The van der Waals surface area contributed by atoms with Crippen molar-refractivity contribution >= 4 is 28.7 Å². The summed E-state index contributed by atoms with van der Waals surface area (Å²) in [6.45, 7) is 13.2. The highest BCUT2D eigenvalue weighted by molar-refractivity contribution is 14.1. The van der Waals surface area contributed by atoms with Gasteiger partial charge in [0.05, 0.1) is 18.8 Å². The molecule has 0 radical (unpaired) electrons. The van der Waals surface area contributed by atoms with Gasteiger partial charge in [0.1, 0.15) is 5.60 Å². The average molecular weight is 399 g/mol. The van der Waals surface area contributed by atoms with Crippen LogP contribution in [0.5, 0.6) is 0 Å². The van der Waals surface area contributed by atoms with Gasteiger partial charge in [-0.2, -0.15) is 0 Å². The molecule has 0 heterocycles. The Balaban J connectivity index is 4.27. The first-order chi connectivity index (χ1) is 9.15. The number of carbonyl (C=O) groups excluding carboxylic acids is 1. The molecule has 1 amide bonds. The molecule has 0 saturated carbocycles. The van der Waals surface area contributed by atoms with Crippen LogP contribution in [0.2, 0.25) is 0 Å². The third-order valence-corrected chi connectivity index (χ3v) is 4.72. The van der Waals surface area contributed by atoms with Crippen molar-refractivity contribution < 1.29 is 14.3 Å². The number of alkyl halides is 1. The van der Waals surface area contributed by atoms with E-state index < -0.39 is 5.60 Å². The van der Waals surface area contributed by atoms with Crippen LogP contribution < -0.4 is 5.32 Å². The van der Waals surface area contributed by atoms with Crippen molar-refractivity contribution in [3.8, 4) is 0 Å². The minimum Gasteiger partial charge on any atom is -0.444 e. The summed E-state index contributed by atoms with van der Waals surface area (Å²) >= 11 is 2.30. The van der Waals surface area contributed by atoms with Gasteiger partial charge < -0.3 is 14.8 Å². The van der Waals surface area contributed by atoms with Crippen LogP contribution in [0.15, 0.2) is 0 Å². The summed E-state index contributed by atoms with van der Waals surface area (Å²) in [5.74, 6) is 0.582. The Hall–Kier alpha value is -0.0400. The Kier molecular flexibility index (Phi) is 9.06. The Morgan fingerprint density at radius 1 is 1.20 bits per heavy atom. The normalized spacial score (nSPS) is 15.0. The molecule has 1 N–H and O–H groups in total. The van der Waals surface area contributed by atoms with Crippen molar-refractivity contribution in [3.63, 3.8) is 0 Å². The highest BCUT2D eigenvalue weighted by atomic mass is 127. The van der Waals surface area contributed by atoms with Gasteiger partial charge in [-0.15, -0.1) is 0 Å². The molecule has 0 saturated heterocycles. The molecule has 120 valence electrons. The van der Waals surface area contributed by atoms with Crippen LogP contribution in [0.25, 0.3) is 0 Å². The molecule has 4 nitrogen and oxygen atoms in total. The monoisotopic (exact) mass is 399 g/mol. The zero-order valence-corrected chi connectivity index (χ0v) is 15.9. The number of rotatable bonds is 8. The highest BCUT2D eigenvalue weighted by Crippen LogP contribution is 2.18. The highest BCUT2D eigenvalue weighted by Gasteiger charge is 2.26. The molecule has 0 aliphatic rings. The predicted octanol–water partition coefficient (Wildman–Crippen LogP) is 4.16. The van der Waals surface area contributed by atoms with Crippen LogP contribution in [0.1, 0.15) is 54.4 Å². The first kappa shape index (κ1) is 20.0. The third kappa shape index (κ3) is 9.00. The van der Waals surface area contributed by atoms with Gasteiger partial charge in [0.25, 0.3) is 0 Å². The van der Waals surface area contributed by atoms with Crippen molar-refractivity contribution in [3.05, 3.63) is 0 Å². The van der Waals surface area contributed by atoms with E-state index in [1.165, 1.54) is 0 Å². The van der Waals surface area contributed by atoms with Gasteiger partial charge in [-0.05, 0) is 33.6 Å². The lowest BCUT2D eigenvalue weighted by Gasteiger charge is -2.30. The second kappa shape index (κ2) is 9.07. The molecule has 0 aromatic carbocycles. The molecule has 0 aliphatic heterocycles. The largest absolute Gasteiger partial charge is 0.444 e. The Labute approximate surface area is 137 Å². The van der Waals surface area contributed by atoms with Crippen LogP contribution >= 0.6 is 22.6 Å². The molecular weight excluding hydrogens is 369 g/mol. The number of halogens is 1. The zero-order chi connectivity index (χ0) is 15.8. The molecule has 0 aromatic rings. The quantitative estimate of drug-likeness (QED) is 0.493. The lowest BCUT2D eigenvalue weighted by atomic mass is 10.0. The topological polar surface area (TPSA) is 47.6 Å². The standard InChI is InChI=1S/C15H30INO3/c1-7-12(8-2)9-19-15(6,10-16)11-17-13(18)20-14(3,4)5/h12H,7-11H2,1-6H3,(H,17,18). The number of nitrogens with one attached hydrogen (secondary N) is 1. The minimum absolute atomic E-state index is 0.347. The van der Waals surface area contributed by atoms with Crippen molar-refractivity contribution in [2.24, 2.45) is 5.92 Å². The van der Waals surface area contributed by atoms with Crippen molar-refractivity contribution in [1.29, 1.82) is 0 Å². The summed E-state index contributed by atoms with van der Waals surface area (Å²) in [7, 11) is 0. The van der Waals surface area contributed by atoms with E-state index in [-0.39, 0.29) is 11.7 Å². The van der Waals surface area contributed by atoms with Gasteiger partial charge >= 0.3 is 6.09 Å². The Morgan fingerprint density at radius 2 is 1.75 bits per heavy atom. The number of carbonyl (C=O) groups is 1. The van der Waals surface area contributed by atoms with Crippen molar-refractivity contribution in [1.82, 2.24) is 5.32 Å². The second-order valence-corrected chi connectivity index (χ2v) is 7.20. The smallest absolute Gasteiger partial charge is 0.407 e. The molecule has 0 aliphatic carbocycles. The summed E-state index contributed by atoms with van der Waals surface area (Å²) in [4.78, 5) is 11.7. The number of ether oxygens (including phenoxy) is 2. The van der Waals surface area contributed by atoms with E-state index in [0.29, 0.717) is 12.5 Å². The third-order valence-electron chi connectivity index (χ3n) is 3.11. The lowest BCUT2D eigenvalue weighted by Crippen LogP contribution is -2.46. The van der Waals surface area contributed by atoms with Crippen molar-refractivity contribution in [2.75, 3.05) is 17.6 Å². The fourth-order valence-corrected chi connectivity index (χ4v) is 2.04. The Bertz CT molecular complexity index is 287. The summed E-state index contributed by atoms with van der Waals surface area (Å²) in [6, 6.07) is 0. The minimum atomic E-state index is -0.471. The second-order valence-electron chi connectivity index (χ2n) is 6.43. The fraction of sp³-hybridized carbons (Fsp3) is 0.933. The number of alkyl carbamates (subject to hydrolysis) is 1. The van der Waals surface area contributed by atoms with Crippen LogP contribution in [-0.4, -0.2) is 34.9 Å². The summed E-state index contributed by atoms with van der Waals surface area (Å²) in [5.41, 5.74) is -0.818. The van der Waals surface area contributed by atoms with Gasteiger partial charge in [-0.3, -0.25) is 0 Å². The maximum Gasteiger partial charge on any atom is 0.407 e. The maximum absolute atomic E-state index is 11.7. The average Bonchev–Trinajstić information content (AvgIpc) is 2.36. The lowest BCUT2D eigenvalue weighted by molar-refractivity contribution is -0.0316. The predicted molar refractivity (Wildman–Crippen MR) is 91.6 cm³/mol. The molecule has 20 heavy (non-hydrogen) atoms. The van der Waals surface area contributed by atoms with Crippen LogP contribution in [0, 0.1) is 5.92 Å². The molecule has 5 heteroatoms.